The van der Waals surface area contributed by atoms with Gasteiger partial charge in [-0.25, -0.2) is 0 Å². The molecule has 0 aromatic rings. The van der Waals surface area contributed by atoms with Gasteiger partial charge in [0, 0.05) is 6.42 Å². The molecule has 0 aromatic heterocycles. The van der Waals surface area contributed by atoms with Crippen molar-refractivity contribution in [1.82, 2.24) is 0 Å². The van der Waals surface area contributed by atoms with Gasteiger partial charge in [-0.1, -0.05) is 25.7 Å². The van der Waals surface area contributed by atoms with Gasteiger partial charge >= 0.3 is 5.97 Å². The lowest BCUT2D eigenvalue weighted by Crippen LogP contribution is -1.94. The maximum atomic E-state index is 10.1. The Morgan fingerprint density at radius 2 is 1.91 bits per heavy atom. The molecular weight excluding hydrogens is 140 g/mol. The average molecular weight is 156 g/mol. The fourth-order valence-corrected chi connectivity index (χ4v) is 0.176. The zero-order valence-electron chi connectivity index (χ0n) is 7.46. The van der Waals surface area contributed by atoms with Crippen LogP contribution in [0.2, 0.25) is 0 Å². The molecule has 0 aliphatic carbocycles. The summed E-state index contributed by atoms with van der Waals surface area (Å²) in [5, 5.41) is 0. The zero-order valence-corrected chi connectivity index (χ0v) is 7.46. The van der Waals surface area contributed by atoms with Crippen molar-refractivity contribution in [3.63, 3.8) is 0 Å². The molecule has 0 unspecified atom stereocenters. The second kappa shape index (κ2) is 11.7. The van der Waals surface area contributed by atoms with Crippen molar-refractivity contribution in [3.05, 3.63) is 25.0 Å². The fraction of sp³-hybridized carbons (Fsp3) is 0.444. The van der Waals surface area contributed by atoms with Crippen LogP contribution >= 0.6 is 0 Å². The Morgan fingerprint density at radius 1 is 1.45 bits per heavy atom. The summed E-state index contributed by atoms with van der Waals surface area (Å²) in [5.41, 5.74) is 0. The second-order valence-corrected chi connectivity index (χ2v) is 1.68. The Balaban J connectivity index is 0. The molecule has 0 atom stereocenters. The molecule has 0 rings (SSSR count). The number of carbonyl (C=O) groups excluding carboxylic acids is 1. The minimum Gasteiger partial charge on any atom is -0.435 e. The Kier molecular flexibility index (Phi) is 13.4. The number of rotatable bonds is 2. The highest BCUT2D eigenvalue weighted by Crippen LogP contribution is 1.81. The number of esters is 1. The van der Waals surface area contributed by atoms with E-state index in [2.05, 4.69) is 11.3 Å². The summed E-state index contributed by atoms with van der Waals surface area (Å²) < 4.78 is 4.32. The average Bonchev–Trinajstić information content (AvgIpc) is 2.05. The predicted octanol–water partition coefficient (Wildman–Crippen LogP) is 2.67. The van der Waals surface area contributed by atoms with E-state index in [4.69, 9.17) is 0 Å². The van der Waals surface area contributed by atoms with E-state index >= 15 is 0 Å². The van der Waals surface area contributed by atoms with Gasteiger partial charge in [0.1, 0.15) is 0 Å². The highest BCUT2D eigenvalue weighted by Gasteiger charge is 1.89. The number of carbonyl (C=O) groups is 1. The summed E-state index contributed by atoms with van der Waals surface area (Å²) in [4.78, 5) is 10.1. The molecule has 0 aliphatic heterocycles. The van der Waals surface area contributed by atoms with Crippen molar-refractivity contribution >= 4 is 5.97 Å². The van der Waals surface area contributed by atoms with Crippen LogP contribution < -0.4 is 0 Å². The van der Waals surface area contributed by atoms with Gasteiger partial charge in [-0.2, -0.15) is 0 Å². The molecule has 64 valence electrons. The normalized spacial score (nSPS) is 8.27. The van der Waals surface area contributed by atoms with Crippen LogP contribution in [0.25, 0.3) is 0 Å². The maximum absolute atomic E-state index is 10.1. The summed E-state index contributed by atoms with van der Waals surface area (Å²) in [6, 6.07) is 0. The lowest BCUT2D eigenvalue weighted by Gasteiger charge is -1.88. The summed E-state index contributed by atoms with van der Waals surface area (Å²) in [7, 11) is 0. The molecule has 0 amide bonds. The summed E-state index contributed by atoms with van der Waals surface area (Å²) in [6.07, 6.45) is 5.54. The second-order valence-electron chi connectivity index (χ2n) is 1.68. The van der Waals surface area contributed by atoms with E-state index < -0.39 is 0 Å². The molecule has 0 fully saturated rings. The van der Waals surface area contributed by atoms with Crippen LogP contribution in [-0.2, 0) is 9.53 Å². The van der Waals surface area contributed by atoms with Crippen LogP contribution in [0.15, 0.2) is 25.0 Å². The number of hydrogen-bond donors (Lipinski definition) is 0. The van der Waals surface area contributed by atoms with E-state index in [1.807, 2.05) is 26.0 Å². The molecule has 2 heteroatoms. The smallest absolute Gasteiger partial charge is 0.310 e. The largest absolute Gasteiger partial charge is 0.435 e. The minimum absolute atomic E-state index is 0.241. The predicted molar refractivity (Wildman–Crippen MR) is 47.1 cm³/mol. The molecule has 0 saturated carbocycles. The number of ether oxygens (including phenoxy) is 1. The first kappa shape index (κ1) is 12.6. The van der Waals surface area contributed by atoms with Crippen LogP contribution in [0.5, 0.6) is 0 Å². The van der Waals surface area contributed by atoms with Gasteiger partial charge in [0.25, 0.3) is 0 Å². The van der Waals surface area contributed by atoms with E-state index in [0.29, 0.717) is 6.42 Å². The first-order valence-corrected chi connectivity index (χ1v) is 3.60. The van der Waals surface area contributed by atoms with Gasteiger partial charge < -0.3 is 4.74 Å². The van der Waals surface area contributed by atoms with Crippen LogP contribution in [-0.4, -0.2) is 5.97 Å². The van der Waals surface area contributed by atoms with Crippen LogP contribution in [0.4, 0.5) is 0 Å². The Morgan fingerprint density at radius 3 is 2.00 bits per heavy atom. The maximum Gasteiger partial charge on any atom is 0.310 e. The molecular formula is C9H16O2. The van der Waals surface area contributed by atoms with Crippen molar-refractivity contribution in [2.45, 2.75) is 27.2 Å². The molecule has 0 N–H and O–H groups in total. The third-order valence-corrected chi connectivity index (χ3v) is 0.837. The molecule has 0 saturated heterocycles. The third-order valence-electron chi connectivity index (χ3n) is 0.837. The van der Waals surface area contributed by atoms with Crippen molar-refractivity contribution in [2.24, 2.45) is 0 Å². The highest BCUT2D eigenvalue weighted by molar-refractivity contribution is 5.69. The van der Waals surface area contributed by atoms with Gasteiger partial charge in [-0.05, 0) is 13.8 Å². The molecule has 0 aliphatic rings. The first-order valence-electron chi connectivity index (χ1n) is 3.60. The van der Waals surface area contributed by atoms with Crippen LogP contribution in [0.1, 0.15) is 27.2 Å². The SMILES string of the molecule is C=COC(=O)CC.CC=CC. The molecule has 0 radical (unpaired) electrons. The monoisotopic (exact) mass is 156 g/mol. The van der Waals surface area contributed by atoms with Gasteiger partial charge in [-0.15, -0.1) is 0 Å². The summed E-state index contributed by atoms with van der Waals surface area (Å²) in [5.74, 6) is -0.241. The lowest BCUT2D eigenvalue weighted by molar-refractivity contribution is -0.137. The van der Waals surface area contributed by atoms with Crippen LogP contribution in [0.3, 0.4) is 0 Å². The van der Waals surface area contributed by atoms with Gasteiger partial charge in [0.15, 0.2) is 0 Å². The third kappa shape index (κ3) is 17.6. The lowest BCUT2D eigenvalue weighted by atomic mass is 10.5. The summed E-state index contributed by atoms with van der Waals surface area (Å²) >= 11 is 0. The van der Waals surface area contributed by atoms with Crippen molar-refractivity contribution < 1.29 is 9.53 Å². The van der Waals surface area contributed by atoms with E-state index in [9.17, 15) is 4.79 Å². The molecule has 2 nitrogen and oxygen atoms in total. The molecule has 0 spiro atoms. The summed E-state index contributed by atoms with van der Waals surface area (Å²) in [6.45, 7) is 8.93. The first-order chi connectivity index (χ1) is 5.22. The molecule has 0 heterocycles. The topological polar surface area (TPSA) is 26.3 Å². The van der Waals surface area contributed by atoms with Crippen molar-refractivity contribution in [3.8, 4) is 0 Å². The van der Waals surface area contributed by atoms with Gasteiger partial charge in [-0.3, -0.25) is 4.79 Å². The number of hydrogen-bond acceptors (Lipinski definition) is 2. The molecule has 11 heavy (non-hydrogen) atoms. The van der Waals surface area contributed by atoms with Crippen molar-refractivity contribution in [1.29, 1.82) is 0 Å². The minimum atomic E-state index is -0.241. The molecule has 0 aromatic carbocycles. The fourth-order valence-electron chi connectivity index (χ4n) is 0.176. The zero-order chi connectivity index (χ0) is 9.11. The van der Waals surface area contributed by atoms with Gasteiger partial charge in [0.2, 0.25) is 0 Å². The Bertz CT molecular complexity index is 122. The van der Waals surface area contributed by atoms with Crippen LogP contribution in [0, 0.1) is 0 Å². The van der Waals surface area contributed by atoms with E-state index in [1.165, 1.54) is 0 Å². The quantitative estimate of drug-likeness (QED) is 0.349. The Labute approximate surface area is 68.6 Å². The Hall–Kier alpha value is -1.05. The van der Waals surface area contributed by atoms with E-state index in [-0.39, 0.29) is 5.97 Å². The van der Waals surface area contributed by atoms with E-state index in [1.54, 1.807) is 6.92 Å². The van der Waals surface area contributed by atoms with Gasteiger partial charge in [0.05, 0.1) is 6.26 Å². The van der Waals surface area contributed by atoms with Crippen molar-refractivity contribution in [2.75, 3.05) is 0 Å². The highest BCUT2D eigenvalue weighted by atomic mass is 16.5. The standard InChI is InChI=1S/C5H8O2.C4H8/c1-3-5(6)7-4-2;1-3-4-2/h4H,2-3H2,1H3;3-4H,1-2H3. The van der Waals surface area contributed by atoms with E-state index in [0.717, 1.165) is 6.26 Å². The molecule has 0 bridgehead atoms. The number of allylic oxidation sites excluding steroid dienone is 2.